The van der Waals surface area contributed by atoms with Crippen LogP contribution in [0.25, 0.3) is 0 Å². The van der Waals surface area contributed by atoms with E-state index in [1.807, 2.05) is 0 Å². The molecule has 120 valence electrons. The van der Waals surface area contributed by atoms with Gasteiger partial charge in [-0.05, 0) is 92.8 Å². The number of aliphatic hydroxyl groups is 1. The number of hydrogen-bond acceptors (Lipinski definition) is 1. The van der Waals surface area contributed by atoms with Crippen LogP contribution in [0.15, 0.2) is 0 Å². The van der Waals surface area contributed by atoms with Crippen LogP contribution in [0.3, 0.4) is 0 Å². The molecule has 1 heteroatoms. The van der Waals surface area contributed by atoms with Gasteiger partial charge in [0.05, 0.1) is 5.60 Å². The number of fused-ring (bicyclic) bond motifs is 5. The highest BCUT2D eigenvalue weighted by Gasteiger charge is 2.57. The van der Waals surface area contributed by atoms with Crippen molar-refractivity contribution in [3.05, 3.63) is 0 Å². The maximum Gasteiger partial charge on any atom is 0.0678 e. The zero-order valence-electron chi connectivity index (χ0n) is 14.1. The Balaban J connectivity index is 1.65. The van der Waals surface area contributed by atoms with Crippen LogP contribution < -0.4 is 0 Å². The van der Waals surface area contributed by atoms with Gasteiger partial charge >= 0.3 is 0 Å². The maximum atomic E-state index is 11.3. The van der Waals surface area contributed by atoms with E-state index in [-0.39, 0.29) is 5.60 Å². The van der Waals surface area contributed by atoms with Gasteiger partial charge in [-0.25, -0.2) is 0 Å². The van der Waals surface area contributed by atoms with Gasteiger partial charge in [-0.15, -0.1) is 0 Å². The molecule has 0 aromatic carbocycles. The lowest BCUT2D eigenvalue weighted by atomic mass is 9.48. The maximum absolute atomic E-state index is 11.3. The molecule has 1 nitrogen and oxygen atoms in total. The average molecular weight is 290 g/mol. The van der Waals surface area contributed by atoms with Gasteiger partial charge < -0.3 is 5.11 Å². The van der Waals surface area contributed by atoms with Crippen molar-refractivity contribution in [2.75, 3.05) is 0 Å². The van der Waals surface area contributed by atoms with Gasteiger partial charge in [-0.1, -0.05) is 26.7 Å². The second-order valence-corrected chi connectivity index (χ2v) is 9.23. The first-order chi connectivity index (χ1) is 10.1. The Morgan fingerprint density at radius 2 is 1.71 bits per heavy atom. The number of hydrogen-bond donors (Lipinski definition) is 1. The zero-order valence-corrected chi connectivity index (χ0v) is 14.1. The van der Waals surface area contributed by atoms with E-state index in [1.54, 1.807) is 0 Å². The van der Waals surface area contributed by atoms with E-state index in [0.29, 0.717) is 11.3 Å². The highest BCUT2D eigenvalue weighted by Crippen LogP contribution is 2.63. The van der Waals surface area contributed by atoms with Crippen LogP contribution in [0.2, 0.25) is 0 Å². The van der Waals surface area contributed by atoms with Crippen molar-refractivity contribution < 1.29 is 5.11 Å². The summed E-state index contributed by atoms with van der Waals surface area (Å²) < 4.78 is 0. The largest absolute Gasteiger partial charge is 0.390 e. The van der Waals surface area contributed by atoms with Crippen LogP contribution in [0.1, 0.15) is 84.5 Å². The van der Waals surface area contributed by atoms with Crippen molar-refractivity contribution in [1.82, 2.24) is 0 Å². The van der Waals surface area contributed by atoms with Crippen LogP contribution in [0.5, 0.6) is 0 Å². The Bertz CT molecular complexity index is 405. The molecule has 4 fully saturated rings. The summed E-state index contributed by atoms with van der Waals surface area (Å²) >= 11 is 0. The van der Waals surface area contributed by atoms with Crippen LogP contribution in [-0.4, -0.2) is 10.7 Å². The van der Waals surface area contributed by atoms with Crippen molar-refractivity contribution in [1.29, 1.82) is 0 Å². The summed E-state index contributed by atoms with van der Waals surface area (Å²) in [6.07, 6.45) is 14.9. The van der Waals surface area contributed by atoms with Crippen LogP contribution in [0.4, 0.5) is 0 Å². The SMILES string of the molecule is CCC1(O)CCCC2CC[C@@H]3[C@H](CC[C@]4(C)CCC[C@@H]34)[C@H]21. The molecule has 0 aromatic heterocycles. The van der Waals surface area contributed by atoms with E-state index >= 15 is 0 Å². The Hall–Kier alpha value is -0.0400. The lowest BCUT2D eigenvalue weighted by molar-refractivity contribution is -0.154. The highest BCUT2D eigenvalue weighted by molar-refractivity contribution is 5.07. The minimum atomic E-state index is -0.321. The summed E-state index contributed by atoms with van der Waals surface area (Å²) in [4.78, 5) is 0. The minimum absolute atomic E-state index is 0.321. The Labute approximate surface area is 130 Å². The van der Waals surface area contributed by atoms with E-state index in [0.717, 1.165) is 36.5 Å². The van der Waals surface area contributed by atoms with E-state index in [9.17, 15) is 5.11 Å². The summed E-state index contributed by atoms with van der Waals surface area (Å²) in [5.41, 5.74) is 0.339. The zero-order chi connectivity index (χ0) is 14.7. The van der Waals surface area contributed by atoms with Crippen molar-refractivity contribution in [3.63, 3.8) is 0 Å². The Morgan fingerprint density at radius 3 is 2.52 bits per heavy atom. The molecular weight excluding hydrogens is 256 g/mol. The third-order valence-corrected chi connectivity index (χ3v) is 8.53. The quantitative estimate of drug-likeness (QED) is 0.706. The molecule has 0 spiro atoms. The Kier molecular flexibility index (Phi) is 3.45. The molecule has 7 atom stereocenters. The average Bonchev–Trinajstić information content (AvgIpc) is 2.89. The summed E-state index contributed by atoms with van der Waals surface area (Å²) in [6, 6.07) is 0. The molecule has 0 bridgehead atoms. The van der Waals surface area contributed by atoms with E-state index in [1.165, 1.54) is 57.8 Å². The van der Waals surface area contributed by atoms with Crippen molar-refractivity contribution in [3.8, 4) is 0 Å². The van der Waals surface area contributed by atoms with Gasteiger partial charge in [0.1, 0.15) is 0 Å². The molecule has 0 saturated heterocycles. The molecule has 2 unspecified atom stereocenters. The first-order valence-corrected chi connectivity index (χ1v) is 9.80. The van der Waals surface area contributed by atoms with Crippen LogP contribution in [-0.2, 0) is 0 Å². The van der Waals surface area contributed by atoms with Crippen molar-refractivity contribution in [2.45, 2.75) is 90.1 Å². The molecule has 4 aliphatic carbocycles. The standard InChI is InChI=1S/C20H34O/c1-3-20(21)12-4-6-14-8-9-15-16(18(14)20)10-13-19(2)11-5-7-17(15)19/h14-18,21H,3-13H2,1-2H3/t14?,15-,16+,17+,18+,19+,20?/m1/s1. The molecule has 4 aliphatic rings. The number of rotatable bonds is 1. The molecule has 21 heavy (non-hydrogen) atoms. The fourth-order valence-electron chi connectivity index (χ4n) is 7.52. The van der Waals surface area contributed by atoms with E-state index in [2.05, 4.69) is 13.8 Å². The molecule has 4 saturated carbocycles. The first-order valence-electron chi connectivity index (χ1n) is 9.80. The van der Waals surface area contributed by atoms with E-state index in [4.69, 9.17) is 0 Å². The Morgan fingerprint density at radius 1 is 0.905 bits per heavy atom. The molecule has 0 amide bonds. The molecule has 0 radical (unpaired) electrons. The topological polar surface area (TPSA) is 20.2 Å². The van der Waals surface area contributed by atoms with Gasteiger partial charge in [-0.2, -0.15) is 0 Å². The predicted octanol–water partition coefficient (Wildman–Crippen LogP) is 5.17. The summed E-state index contributed by atoms with van der Waals surface area (Å²) in [7, 11) is 0. The van der Waals surface area contributed by atoms with Crippen molar-refractivity contribution in [2.24, 2.45) is 35.0 Å². The second kappa shape index (κ2) is 4.98. The molecular formula is C20H34O. The van der Waals surface area contributed by atoms with Gasteiger partial charge in [0.15, 0.2) is 0 Å². The lowest BCUT2D eigenvalue weighted by Gasteiger charge is -2.59. The van der Waals surface area contributed by atoms with Crippen molar-refractivity contribution >= 4 is 0 Å². The molecule has 0 aliphatic heterocycles. The van der Waals surface area contributed by atoms with Crippen LogP contribution >= 0.6 is 0 Å². The van der Waals surface area contributed by atoms with Gasteiger partial charge in [0.2, 0.25) is 0 Å². The molecule has 0 heterocycles. The lowest BCUT2D eigenvalue weighted by Crippen LogP contribution is -2.55. The summed E-state index contributed by atoms with van der Waals surface area (Å²) in [5, 5.41) is 11.3. The minimum Gasteiger partial charge on any atom is -0.390 e. The fraction of sp³-hybridized carbons (Fsp3) is 1.00. The monoisotopic (exact) mass is 290 g/mol. The smallest absolute Gasteiger partial charge is 0.0678 e. The van der Waals surface area contributed by atoms with Crippen LogP contribution in [0, 0.1) is 35.0 Å². The summed E-state index contributed by atoms with van der Waals surface area (Å²) in [5.74, 6) is 4.27. The van der Waals surface area contributed by atoms with E-state index < -0.39 is 0 Å². The highest BCUT2D eigenvalue weighted by atomic mass is 16.3. The normalized spacial score (nSPS) is 56.4. The van der Waals surface area contributed by atoms with Gasteiger partial charge in [0.25, 0.3) is 0 Å². The fourth-order valence-corrected chi connectivity index (χ4v) is 7.52. The molecule has 0 aromatic rings. The van der Waals surface area contributed by atoms with Gasteiger partial charge in [-0.3, -0.25) is 0 Å². The summed E-state index contributed by atoms with van der Waals surface area (Å²) in [6.45, 7) is 4.81. The molecule has 4 rings (SSSR count). The van der Waals surface area contributed by atoms with Gasteiger partial charge in [0, 0.05) is 0 Å². The predicted molar refractivity (Wildman–Crippen MR) is 87.0 cm³/mol. The molecule has 1 N–H and O–H groups in total. The third-order valence-electron chi connectivity index (χ3n) is 8.53. The first kappa shape index (κ1) is 14.5. The third kappa shape index (κ3) is 2.06. The second-order valence-electron chi connectivity index (χ2n) is 9.23.